The van der Waals surface area contributed by atoms with E-state index in [9.17, 15) is 13.2 Å². The van der Waals surface area contributed by atoms with Crippen LogP contribution >= 0.6 is 0 Å². The first-order valence-electron chi connectivity index (χ1n) is 9.38. The number of nitrogens with zero attached hydrogens (tertiary/aromatic N) is 1. The van der Waals surface area contributed by atoms with Crippen molar-refractivity contribution < 1.29 is 17.9 Å². The predicted octanol–water partition coefficient (Wildman–Crippen LogP) is 3.61. The van der Waals surface area contributed by atoms with Gasteiger partial charge in [-0.1, -0.05) is 36.3 Å². The van der Waals surface area contributed by atoms with Gasteiger partial charge in [-0.3, -0.25) is 0 Å². The van der Waals surface area contributed by atoms with E-state index in [-0.39, 0.29) is 12.0 Å². The van der Waals surface area contributed by atoms with Crippen molar-refractivity contribution in [1.82, 2.24) is 4.31 Å². The molecule has 0 bridgehead atoms. The Balaban J connectivity index is 1.98. The Morgan fingerprint density at radius 2 is 1.93 bits per heavy atom. The second-order valence-corrected chi connectivity index (χ2v) is 9.42. The number of benzene rings is 1. The number of carbonyl (C=O) groups is 1. The maximum absolute atomic E-state index is 13.2. The summed E-state index contributed by atoms with van der Waals surface area (Å²) in [4.78, 5) is 12.2. The van der Waals surface area contributed by atoms with Crippen molar-refractivity contribution in [3.63, 3.8) is 0 Å². The van der Waals surface area contributed by atoms with Gasteiger partial charge < -0.3 is 4.74 Å². The van der Waals surface area contributed by atoms with Gasteiger partial charge in [-0.05, 0) is 50.3 Å². The lowest BCUT2D eigenvalue weighted by atomic mass is 9.74. The Bertz CT molecular complexity index is 855. The highest BCUT2D eigenvalue weighted by Crippen LogP contribution is 2.46. The lowest BCUT2D eigenvalue weighted by Crippen LogP contribution is -2.32. The molecule has 0 N–H and O–H groups in total. The zero-order valence-corrected chi connectivity index (χ0v) is 16.8. The Morgan fingerprint density at radius 1 is 1.19 bits per heavy atom. The molecule has 0 saturated carbocycles. The number of carbonyl (C=O) groups excluding carboxylic acids is 1. The molecule has 0 aromatic heterocycles. The summed E-state index contributed by atoms with van der Waals surface area (Å²) in [5.41, 5.74) is 1.54. The summed E-state index contributed by atoms with van der Waals surface area (Å²) < 4.78 is 32.7. The summed E-state index contributed by atoms with van der Waals surface area (Å²) in [6.07, 6.45) is 10.6. The van der Waals surface area contributed by atoms with Crippen molar-refractivity contribution in [2.24, 2.45) is 5.41 Å². The highest BCUT2D eigenvalue weighted by atomic mass is 32.2. The maximum Gasteiger partial charge on any atom is 0.330 e. The van der Waals surface area contributed by atoms with Gasteiger partial charge in [0.1, 0.15) is 0 Å². The van der Waals surface area contributed by atoms with Crippen LogP contribution in [0.4, 0.5) is 0 Å². The van der Waals surface area contributed by atoms with E-state index in [2.05, 4.69) is 12.2 Å². The largest absolute Gasteiger partial charge is 0.466 e. The summed E-state index contributed by atoms with van der Waals surface area (Å²) in [5, 5.41) is 0. The number of esters is 1. The van der Waals surface area contributed by atoms with E-state index < -0.39 is 16.0 Å². The zero-order valence-electron chi connectivity index (χ0n) is 16.0. The molecule has 1 aromatic rings. The minimum atomic E-state index is -3.61. The highest BCUT2D eigenvalue weighted by Gasteiger charge is 2.46. The molecule has 6 heteroatoms. The first-order chi connectivity index (χ1) is 12.9. The molecule has 0 radical (unpaired) electrons. The summed E-state index contributed by atoms with van der Waals surface area (Å²) in [6.45, 7) is 2.56. The standard InChI is InChI=1S/C21H27NO4S/c1-17-8-10-19(11-9-17)27(24,25)22-15-18(14-20(23)26-2)21(16-22)12-6-4-3-5-7-13-21/h4,6,8-11,14H,3,5,7,12-13,15-16H2,1-2H3/b6-4-,18-14+/t21-/m0/s1. The Morgan fingerprint density at radius 3 is 2.63 bits per heavy atom. The number of hydrogen-bond acceptors (Lipinski definition) is 4. The smallest absolute Gasteiger partial charge is 0.330 e. The third-order valence-electron chi connectivity index (χ3n) is 5.61. The molecule has 1 saturated heterocycles. The molecule has 5 nitrogen and oxygen atoms in total. The molecule has 1 spiro atoms. The van der Waals surface area contributed by atoms with Crippen LogP contribution in [0.5, 0.6) is 0 Å². The monoisotopic (exact) mass is 389 g/mol. The van der Waals surface area contributed by atoms with Gasteiger partial charge in [-0.15, -0.1) is 0 Å². The van der Waals surface area contributed by atoms with Crippen molar-refractivity contribution in [1.29, 1.82) is 0 Å². The third kappa shape index (κ3) is 4.17. The SMILES string of the molecule is COC(=O)/C=C1\CN(S(=O)(=O)c2ccc(C)cc2)C[C@@]12C/C=C\CCCC2. The van der Waals surface area contributed by atoms with Gasteiger partial charge in [0.2, 0.25) is 10.0 Å². The minimum Gasteiger partial charge on any atom is -0.466 e. The van der Waals surface area contributed by atoms with Crippen LogP contribution < -0.4 is 0 Å². The summed E-state index contributed by atoms with van der Waals surface area (Å²) in [6, 6.07) is 6.92. The molecule has 146 valence electrons. The van der Waals surface area contributed by atoms with Crippen LogP contribution in [-0.4, -0.2) is 38.9 Å². The molecule has 1 fully saturated rings. The van der Waals surface area contributed by atoms with Gasteiger partial charge in [-0.2, -0.15) is 4.31 Å². The summed E-state index contributed by atoms with van der Waals surface area (Å²) in [7, 11) is -2.26. The fourth-order valence-corrected chi connectivity index (χ4v) is 5.48. The molecule has 2 aliphatic rings. The summed E-state index contributed by atoms with van der Waals surface area (Å²) in [5.74, 6) is -0.426. The number of hydrogen-bond donors (Lipinski definition) is 0. The van der Waals surface area contributed by atoms with E-state index in [0.717, 1.165) is 43.2 Å². The quantitative estimate of drug-likeness (QED) is 0.450. The van der Waals surface area contributed by atoms with Crippen molar-refractivity contribution in [3.8, 4) is 0 Å². The van der Waals surface area contributed by atoms with Crippen LogP contribution in [0.2, 0.25) is 0 Å². The second kappa shape index (κ2) is 7.98. The molecule has 1 aliphatic carbocycles. The lowest BCUT2D eigenvalue weighted by molar-refractivity contribution is -0.134. The van der Waals surface area contributed by atoms with Crippen LogP contribution in [-0.2, 0) is 19.6 Å². The zero-order chi connectivity index (χ0) is 19.5. The Hall–Kier alpha value is -1.92. The number of rotatable bonds is 3. The maximum atomic E-state index is 13.2. The van der Waals surface area contributed by atoms with E-state index in [1.807, 2.05) is 19.1 Å². The van der Waals surface area contributed by atoms with Gasteiger partial charge in [0.15, 0.2) is 0 Å². The lowest BCUT2D eigenvalue weighted by Gasteiger charge is -2.31. The topological polar surface area (TPSA) is 63.7 Å². The Kier molecular flexibility index (Phi) is 5.86. The van der Waals surface area contributed by atoms with Crippen molar-refractivity contribution in [2.75, 3.05) is 20.2 Å². The van der Waals surface area contributed by atoms with Gasteiger partial charge in [0.25, 0.3) is 0 Å². The fraction of sp³-hybridized carbons (Fsp3) is 0.476. The van der Waals surface area contributed by atoms with Gasteiger partial charge in [-0.25, -0.2) is 13.2 Å². The number of sulfonamides is 1. The van der Waals surface area contributed by atoms with E-state index in [1.165, 1.54) is 17.5 Å². The van der Waals surface area contributed by atoms with Crippen molar-refractivity contribution in [2.45, 2.75) is 43.9 Å². The van der Waals surface area contributed by atoms with Gasteiger partial charge in [0, 0.05) is 24.6 Å². The van der Waals surface area contributed by atoms with Crippen LogP contribution in [0.3, 0.4) is 0 Å². The van der Waals surface area contributed by atoms with Crippen LogP contribution in [0.1, 0.15) is 37.7 Å². The normalized spacial score (nSPS) is 26.7. The molecule has 0 unspecified atom stereocenters. The molecule has 1 aliphatic heterocycles. The molecular formula is C21H27NO4S. The number of aryl methyl sites for hydroxylation is 1. The molecule has 1 aromatic carbocycles. The predicted molar refractivity (Wildman–Crippen MR) is 105 cm³/mol. The Labute approximate surface area is 161 Å². The highest BCUT2D eigenvalue weighted by molar-refractivity contribution is 7.89. The van der Waals surface area contributed by atoms with E-state index in [4.69, 9.17) is 4.74 Å². The molecule has 27 heavy (non-hydrogen) atoms. The molecule has 1 atom stereocenters. The number of ether oxygens (including phenoxy) is 1. The minimum absolute atomic E-state index is 0.235. The average Bonchev–Trinajstić information content (AvgIpc) is 2.98. The second-order valence-electron chi connectivity index (χ2n) is 7.48. The van der Waals surface area contributed by atoms with E-state index in [1.54, 1.807) is 12.1 Å². The van der Waals surface area contributed by atoms with E-state index in [0.29, 0.717) is 11.4 Å². The molecule has 1 heterocycles. The van der Waals surface area contributed by atoms with Crippen molar-refractivity contribution >= 4 is 16.0 Å². The fourth-order valence-electron chi connectivity index (χ4n) is 3.97. The first-order valence-corrected chi connectivity index (χ1v) is 10.8. The number of methoxy groups -OCH3 is 1. The number of allylic oxidation sites excluding steroid dienone is 2. The molecular weight excluding hydrogens is 362 g/mol. The van der Waals surface area contributed by atoms with E-state index >= 15 is 0 Å². The first kappa shape index (κ1) is 19.8. The van der Waals surface area contributed by atoms with Crippen LogP contribution in [0, 0.1) is 12.3 Å². The summed E-state index contributed by atoms with van der Waals surface area (Å²) >= 11 is 0. The third-order valence-corrected chi connectivity index (χ3v) is 7.42. The van der Waals surface area contributed by atoms with Crippen molar-refractivity contribution in [3.05, 3.63) is 53.6 Å². The average molecular weight is 390 g/mol. The molecule has 0 amide bonds. The molecule has 3 rings (SSSR count). The van der Waals surface area contributed by atoms with Gasteiger partial charge in [0.05, 0.1) is 12.0 Å². The van der Waals surface area contributed by atoms with Crippen LogP contribution in [0.25, 0.3) is 0 Å². The van der Waals surface area contributed by atoms with Crippen LogP contribution in [0.15, 0.2) is 53.0 Å². The van der Waals surface area contributed by atoms with Gasteiger partial charge >= 0.3 is 5.97 Å².